The second-order valence-corrected chi connectivity index (χ2v) is 12.0. The van der Waals surface area contributed by atoms with Crippen LogP contribution in [-0.2, 0) is 11.2 Å². The number of hydrogen-bond acceptors (Lipinski definition) is 2. The van der Waals surface area contributed by atoms with Crippen LogP contribution in [0, 0.1) is 21.7 Å². The first-order valence-corrected chi connectivity index (χ1v) is 9.77. The zero-order chi connectivity index (χ0) is 21.0. The molecule has 0 saturated heterocycles. The Hall–Kier alpha value is -0.860. The van der Waals surface area contributed by atoms with Crippen LogP contribution in [0.3, 0.4) is 0 Å². The lowest BCUT2D eigenvalue weighted by molar-refractivity contribution is -0.150. The largest absolute Gasteiger partial charge is 0.384 e. The van der Waals surface area contributed by atoms with Crippen molar-refractivity contribution in [1.82, 2.24) is 0 Å². The fourth-order valence-electron chi connectivity index (χ4n) is 4.95. The van der Waals surface area contributed by atoms with E-state index in [-0.39, 0.29) is 21.7 Å². The Balaban J connectivity index is 3.80. The fourth-order valence-corrected chi connectivity index (χ4v) is 4.95. The summed E-state index contributed by atoms with van der Waals surface area (Å²) in [6, 6.07) is 7.97. The van der Waals surface area contributed by atoms with E-state index in [4.69, 9.17) is 0 Å². The van der Waals surface area contributed by atoms with Gasteiger partial charge in [0.25, 0.3) is 0 Å². The molecule has 1 aromatic carbocycles. The standard InChI is InChI=1S/C24H42O2/c1-19(2,3)23(25,20(4,5)6)17-14-13-15-18(16-17)24(26,21(7,8)9)22(10,11)12/h13-16,25-26H,1-12H3. The zero-order valence-electron chi connectivity index (χ0n) is 19.2. The maximum absolute atomic E-state index is 11.9. The van der Waals surface area contributed by atoms with E-state index in [1.165, 1.54) is 0 Å². The molecule has 2 nitrogen and oxygen atoms in total. The highest BCUT2D eigenvalue weighted by molar-refractivity contribution is 5.36. The van der Waals surface area contributed by atoms with Gasteiger partial charge in [-0.15, -0.1) is 0 Å². The Morgan fingerprint density at radius 1 is 0.500 bits per heavy atom. The molecule has 0 spiro atoms. The van der Waals surface area contributed by atoms with Gasteiger partial charge in [0.2, 0.25) is 0 Å². The third-order valence-electron chi connectivity index (χ3n) is 6.04. The second-order valence-electron chi connectivity index (χ2n) is 12.0. The number of hydrogen-bond donors (Lipinski definition) is 2. The Bertz CT molecular complexity index is 547. The summed E-state index contributed by atoms with van der Waals surface area (Å²) in [4.78, 5) is 0. The predicted molar refractivity (Wildman–Crippen MR) is 112 cm³/mol. The van der Waals surface area contributed by atoms with Crippen molar-refractivity contribution < 1.29 is 10.2 Å². The molecule has 0 aliphatic heterocycles. The van der Waals surface area contributed by atoms with Gasteiger partial charge in [-0.3, -0.25) is 0 Å². The molecule has 0 heterocycles. The molecule has 0 atom stereocenters. The molecule has 150 valence electrons. The van der Waals surface area contributed by atoms with Crippen LogP contribution >= 0.6 is 0 Å². The van der Waals surface area contributed by atoms with E-state index in [1.54, 1.807) is 0 Å². The first kappa shape index (κ1) is 23.2. The van der Waals surface area contributed by atoms with Gasteiger partial charge in [0.1, 0.15) is 0 Å². The summed E-state index contributed by atoms with van der Waals surface area (Å²) in [5, 5.41) is 23.7. The van der Waals surface area contributed by atoms with E-state index in [1.807, 2.05) is 24.3 Å². The van der Waals surface area contributed by atoms with Gasteiger partial charge in [-0.1, -0.05) is 101 Å². The maximum atomic E-state index is 11.9. The molecule has 2 heteroatoms. The minimum atomic E-state index is -1.04. The molecule has 0 aliphatic carbocycles. The van der Waals surface area contributed by atoms with Gasteiger partial charge in [0.05, 0.1) is 11.2 Å². The van der Waals surface area contributed by atoms with Gasteiger partial charge in [-0.2, -0.15) is 0 Å². The maximum Gasteiger partial charge on any atom is 0.0992 e. The number of aliphatic hydroxyl groups is 2. The highest BCUT2D eigenvalue weighted by Gasteiger charge is 2.53. The van der Waals surface area contributed by atoms with Gasteiger partial charge in [-0.05, 0) is 38.9 Å². The molecule has 2 N–H and O–H groups in total. The minimum absolute atomic E-state index is 0.356. The van der Waals surface area contributed by atoms with Crippen molar-refractivity contribution in [3.8, 4) is 0 Å². The van der Waals surface area contributed by atoms with Crippen LogP contribution in [-0.4, -0.2) is 10.2 Å². The zero-order valence-corrected chi connectivity index (χ0v) is 19.2. The third-order valence-corrected chi connectivity index (χ3v) is 6.04. The van der Waals surface area contributed by atoms with Gasteiger partial charge < -0.3 is 10.2 Å². The quantitative estimate of drug-likeness (QED) is 0.653. The molecule has 0 aliphatic rings. The Kier molecular flexibility index (Phi) is 5.66. The van der Waals surface area contributed by atoms with Crippen molar-refractivity contribution >= 4 is 0 Å². The van der Waals surface area contributed by atoms with Gasteiger partial charge in [0.15, 0.2) is 0 Å². The van der Waals surface area contributed by atoms with Crippen LogP contribution in [0.25, 0.3) is 0 Å². The molecule has 0 unspecified atom stereocenters. The summed E-state index contributed by atoms with van der Waals surface area (Å²) >= 11 is 0. The van der Waals surface area contributed by atoms with Crippen molar-refractivity contribution in [3.63, 3.8) is 0 Å². The molecular formula is C24H42O2. The summed E-state index contributed by atoms with van der Waals surface area (Å²) in [5.74, 6) is 0. The molecule has 0 bridgehead atoms. The van der Waals surface area contributed by atoms with Crippen molar-refractivity contribution in [1.29, 1.82) is 0 Å². The molecule has 0 saturated carbocycles. The average molecular weight is 363 g/mol. The molecule has 26 heavy (non-hydrogen) atoms. The molecule has 1 aromatic rings. The van der Waals surface area contributed by atoms with E-state index in [9.17, 15) is 10.2 Å². The van der Waals surface area contributed by atoms with E-state index in [2.05, 4.69) is 83.1 Å². The normalized spacial score (nSPS) is 15.3. The van der Waals surface area contributed by atoms with Crippen molar-refractivity contribution in [2.45, 2.75) is 94.3 Å². The highest BCUT2D eigenvalue weighted by atomic mass is 16.3. The van der Waals surface area contributed by atoms with E-state index < -0.39 is 11.2 Å². The lowest BCUT2D eigenvalue weighted by Crippen LogP contribution is -2.52. The van der Waals surface area contributed by atoms with Crippen LogP contribution in [0.2, 0.25) is 0 Å². The van der Waals surface area contributed by atoms with Crippen molar-refractivity contribution in [3.05, 3.63) is 35.4 Å². The summed E-state index contributed by atoms with van der Waals surface area (Å²) in [7, 11) is 0. The van der Waals surface area contributed by atoms with E-state index in [0.29, 0.717) is 0 Å². The summed E-state index contributed by atoms with van der Waals surface area (Å²) in [6.45, 7) is 24.9. The molecular weight excluding hydrogens is 320 g/mol. The van der Waals surface area contributed by atoms with Crippen LogP contribution < -0.4 is 0 Å². The third kappa shape index (κ3) is 3.47. The van der Waals surface area contributed by atoms with Crippen LogP contribution in [0.4, 0.5) is 0 Å². The summed E-state index contributed by atoms with van der Waals surface area (Å²) in [5.41, 5.74) is -1.77. The predicted octanol–water partition coefficient (Wildman–Crippen LogP) is 6.25. The van der Waals surface area contributed by atoms with Crippen LogP contribution in [0.5, 0.6) is 0 Å². The summed E-state index contributed by atoms with van der Waals surface area (Å²) in [6.07, 6.45) is 0. The highest BCUT2D eigenvalue weighted by Crippen LogP contribution is 2.54. The van der Waals surface area contributed by atoms with Crippen LogP contribution in [0.1, 0.15) is 94.2 Å². The first-order chi connectivity index (χ1) is 11.2. The van der Waals surface area contributed by atoms with Gasteiger partial charge in [-0.25, -0.2) is 0 Å². The second kappa shape index (κ2) is 6.34. The molecule has 0 fully saturated rings. The Morgan fingerprint density at radius 3 is 0.923 bits per heavy atom. The van der Waals surface area contributed by atoms with E-state index in [0.717, 1.165) is 11.1 Å². The topological polar surface area (TPSA) is 40.5 Å². The molecule has 0 radical (unpaired) electrons. The smallest absolute Gasteiger partial charge is 0.0992 e. The monoisotopic (exact) mass is 362 g/mol. The molecule has 1 rings (SSSR count). The minimum Gasteiger partial charge on any atom is -0.384 e. The molecule has 0 aromatic heterocycles. The number of rotatable bonds is 2. The van der Waals surface area contributed by atoms with Crippen molar-refractivity contribution in [2.75, 3.05) is 0 Å². The lowest BCUT2D eigenvalue weighted by Gasteiger charge is -2.52. The lowest BCUT2D eigenvalue weighted by atomic mass is 9.57. The Morgan fingerprint density at radius 2 is 0.731 bits per heavy atom. The van der Waals surface area contributed by atoms with Gasteiger partial charge in [0, 0.05) is 0 Å². The average Bonchev–Trinajstić information content (AvgIpc) is 2.40. The molecule has 0 amide bonds. The van der Waals surface area contributed by atoms with Crippen LogP contribution in [0.15, 0.2) is 24.3 Å². The first-order valence-electron chi connectivity index (χ1n) is 9.77. The summed E-state index contributed by atoms with van der Waals surface area (Å²) < 4.78 is 0. The SMILES string of the molecule is CC(C)(C)C(O)(c1cccc(C(O)(C(C)(C)C)C(C)(C)C)c1)C(C)(C)C. The Labute approximate surface area is 162 Å². The van der Waals surface area contributed by atoms with Gasteiger partial charge >= 0.3 is 0 Å². The number of benzene rings is 1. The van der Waals surface area contributed by atoms with Crippen molar-refractivity contribution in [2.24, 2.45) is 21.7 Å². The fraction of sp³-hybridized carbons (Fsp3) is 0.750. The van der Waals surface area contributed by atoms with E-state index >= 15 is 0 Å².